The third-order valence-corrected chi connectivity index (χ3v) is 7.09. The fourth-order valence-electron chi connectivity index (χ4n) is 5.42. The molecule has 0 unspecified atom stereocenters. The van der Waals surface area contributed by atoms with Crippen molar-refractivity contribution in [3.8, 4) is 11.8 Å². The van der Waals surface area contributed by atoms with Gasteiger partial charge >= 0.3 is 0 Å². The van der Waals surface area contributed by atoms with Crippen molar-refractivity contribution in [2.24, 2.45) is 17.8 Å². The van der Waals surface area contributed by atoms with Gasteiger partial charge in [-0.2, -0.15) is 0 Å². The van der Waals surface area contributed by atoms with Crippen molar-refractivity contribution in [1.82, 2.24) is 0 Å². The topological polar surface area (TPSA) is 18.5 Å². The highest BCUT2D eigenvalue weighted by molar-refractivity contribution is 5.39. The van der Waals surface area contributed by atoms with Crippen molar-refractivity contribution >= 4 is 0 Å². The average molecular weight is 403 g/mol. The van der Waals surface area contributed by atoms with Gasteiger partial charge in [-0.05, 0) is 74.5 Å². The van der Waals surface area contributed by atoms with Gasteiger partial charge in [0.05, 0.1) is 18.8 Å². The molecule has 2 saturated carbocycles. The maximum atomic E-state index is 14.3. The summed E-state index contributed by atoms with van der Waals surface area (Å²) in [5.41, 5.74) is 0.636. The van der Waals surface area contributed by atoms with E-state index in [9.17, 15) is 8.78 Å². The molecule has 1 aromatic rings. The first-order valence-corrected chi connectivity index (χ1v) is 11.4. The van der Waals surface area contributed by atoms with Gasteiger partial charge in [0.25, 0.3) is 0 Å². The minimum absolute atomic E-state index is 0.0684. The molecule has 0 atom stereocenters. The van der Waals surface area contributed by atoms with Crippen molar-refractivity contribution in [3.63, 3.8) is 0 Å². The molecule has 0 radical (unpaired) electrons. The number of aryl methyl sites for hydroxylation is 1. The number of ether oxygens (including phenoxy) is 2. The van der Waals surface area contributed by atoms with Crippen LogP contribution in [0.2, 0.25) is 0 Å². The predicted molar refractivity (Wildman–Crippen MR) is 109 cm³/mol. The van der Waals surface area contributed by atoms with E-state index >= 15 is 0 Å². The Morgan fingerprint density at radius 3 is 2.10 bits per heavy atom. The lowest BCUT2D eigenvalue weighted by atomic mass is 9.70. The van der Waals surface area contributed by atoms with Gasteiger partial charge in [-0.3, -0.25) is 0 Å². The Morgan fingerprint density at radius 2 is 1.52 bits per heavy atom. The second-order valence-corrected chi connectivity index (χ2v) is 9.01. The second kappa shape index (κ2) is 9.14. The van der Waals surface area contributed by atoms with E-state index in [0.717, 1.165) is 57.2 Å². The predicted octanol–water partition coefficient (Wildman–Crippen LogP) is 6.01. The number of benzene rings is 1. The van der Waals surface area contributed by atoms with E-state index in [4.69, 9.17) is 9.47 Å². The average Bonchev–Trinajstić information content (AvgIpc) is 3.17. The number of rotatable bonds is 3. The third kappa shape index (κ3) is 4.84. The summed E-state index contributed by atoms with van der Waals surface area (Å²) in [4.78, 5) is 0. The van der Waals surface area contributed by atoms with Crippen LogP contribution in [0.3, 0.4) is 0 Å². The highest BCUT2D eigenvalue weighted by atomic mass is 19.1. The summed E-state index contributed by atoms with van der Waals surface area (Å²) in [7, 11) is 0. The molecule has 0 aromatic heterocycles. The van der Waals surface area contributed by atoms with E-state index in [-0.39, 0.29) is 17.3 Å². The first kappa shape index (κ1) is 20.8. The lowest BCUT2D eigenvalue weighted by Gasteiger charge is -2.40. The summed E-state index contributed by atoms with van der Waals surface area (Å²) in [6, 6.07) is 2.86. The molecular formula is C25H32F2O2. The van der Waals surface area contributed by atoms with Crippen LogP contribution in [-0.2, 0) is 15.9 Å². The number of hydrogen-bond acceptors (Lipinski definition) is 2. The smallest absolute Gasteiger partial charge is 0.168 e. The molecule has 3 aliphatic rings. The summed E-state index contributed by atoms with van der Waals surface area (Å²) in [6.07, 6.45) is 10.4. The van der Waals surface area contributed by atoms with Crippen LogP contribution in [0.1, 0.15) is 75.8 Å². The van der Waals surface area contributed by atoms with Crippen LogP contribution < -0.4 is 0 Å². The van der Waals surface area contributed by atoms with Crippen molar-refractivity contribution in [2.45, 2.75) is 76.9 Å². The summed E-state index contributed by atoms with van der Waals surface area (Å²) in [5, 5.41) is 0. The first-order chi connectivity index (χ1) is 14.1. The molecule has 0 bridgehead atoms. The zero-order valence-corrected chi connectivity index (χ0v) is 17.4. The lowest BCUT2D eigenvalue weighted by molar-refractivity contribution is -0.185. The van der Waals surface area contributed by atoms with E-state index in [1.54, 1.807) is 0 Å². The van der Waals surface area contributed by atoms with Gasteiger partial charge in [0.1, 0.15) is 11.6 Å². The number of halogens is 2. The van der Waals surface area contributed by atoms with Crippen LogP contribution in [0.4, 0.5) is 8.78 Å². The summed E-state index contributed by atoms with van der Waals surface area (Å²) in [6.45, 7) is 3.47. The van der Waals surface area contributed by atoms with Crippen LogP contribution in [0.15, 0.2) is 12.1 Å². The number of hydrogen-bond donors (Lipinski definition) is 0. The fourth-order valence-corrected chi connectivity index (χ4v) is 5.42. The zero-order valence-electron chi connectivity index (χ0n) is 17.4. The van der Waals surface area contributed by atoms with E-state index in [0.29, 0.717) is 12.0 Å². The lowest BCUT2D eigenvalue weighted by Crippen LogP contribution is -2.37. The van der Waals surface area contributed by atoms with Crippen molar-refractivity contribution < 1.29 is 18.3 Å². The van der Waals surface area contributed by atoms with Gasteiger partial charge in [0.2, 0.25) is 0 Å². The quantitative estimate of drug-likeness (QED) is 0.577. The molecule has 4 rings (SSSR count). The monoisotopic (exact) mass is 402 g/mol. The molecule has 0 N–H and O–H groups in total. The maximum absolute atomic E-state index is 14.3. The SMILES string of the molecule is CCCc1cc(F)c(C#CC2CCC(C3CCC4(CC3)OCCO4)CC2)c(F)c1. The molecule has 2 aliphatic carbocycles. The Bertz CT molecular complexity index is 732. The molecule has 1 heterocycles. The molecule has 4 heteroatoms. The van der Waals surface area contributed by atoms with Gasteiger partial charge in [-0.1, -0.05) is 25.2 Å². The molecule has 1 saturated heterocycles. The van der Waals surface area contributed by atoms with Gasteiger partial charge < -0.3 is 9.47 Å². The van der Waals surface area contributed by atoms with Crippen LogP contribution in [-0.4, -0.2) is 19.0 Å². The molecule has 158 valence electrons. The Hall–Kier alpha value is -1.44. The standard InChI is InChI=1S/C25H32F2O2/c1-2-3-19-16-23(26)22(24(27)17-19)9-6-18-4-7-20(8-5-18)21-10-12-25(13-11-21)28-14-15-29-25/h16-18,20-21H,2-5,7-8,10-15H2,1H3. The van der Waals surface area contributed by atoms with Gasteiger partial charge in [-0.15, -0.1) is 0 Å². The normalized spacial score (nSPS) is 27.0. The largest absolute Gasteiger partial charge is 0.348 e. The minimum Gasteiger partial charge on any atom is -0.348 e. The van der Waals surface area contributed by atoms with Crippen LogP contribution >= 0.6 is 0 Å². The van der Waals surface area contributed by atoms with E-state index in [1.165, 1.54) is 37.8 Å². The molecule has 29 heavy (non-hydrogen) atoms. The third-order valence-electron chi connectivity index (χ3n) is 7.09. The summed E-state index contributed by atoms with van der Waals surface area (Å²) >= 11 is 0. The van der Waals surface area contributed by atoms with Crippen LogP contribution in [0, 0.1) is 41.2 Å². The summed E-state index contributed by atoms with van der Waals surface area (Å²) < 4.78 is 40.2. The van der Waals surface area contributed by atoms with Gasteiger partial charge in [0.15, 0.2) is 5.79 Å². The Kier molecular flexibility index (Phi) is 6.56. The molecule has 2 nitrogen and oxygen atoms in total. The molecule has 1 aliphatic heterocycles. The molecule has 3 fully saturated rings. The second-order valence-electron chi connectivity index (χ2n) is 9.01. The zero-order chi connectivity index (χ0) is 20.3. The van der Waals surface area contributed by atoms with Gasteiger partial charge in [0, 0.05) is 18.8 Å². The first-order valence-electron chi connectivity index (χ1n) is 11.4. The van der Waals surface area contributed by atoms with Crippen LogP contribution in [0.5, 0.6) is 0 Å². The fraction of sp³-hybridized carbons (Fsp3) is 0.680. The van der Waals surface area contributed by atoms with Crippen molar-refractivity contribution in [1.29, 1.82) is 0 Å². The van der Waals surface area contributed by atoms with E-state index < -0.39 is 11.6 Å². The highest BCUT2D eigenvalue weighted by Gasteiger charge is 2.42. The maximum Gasteiger partial charge on any atom is 0.168 e. The van der Waals surface area contributed by atoms with Crippen LogP contribution in [0.25, 0.3) is 0 Å². The van der Waals surface area contributed by atoms with E-state index in [2.05, 4.69) is 11.8 Å². The summed E-state index contributed by atoms with van der Waals surface area (Å²) in [5.74, 6) is 6.39. The van der Waals surface area contributed by atoms with Gasteiger partial charge in [-0.25, -0.2) is 8.78 Å². The Labute approximate surface area is 173 Å². The Morgan fingerprint density at radius 1 is 0.931 bits per heavy atom. The minimum atomic E-state index is -0.526. The Balaban J connectivity index is 1.30. The molecule has 0 amide bonds. The van der Waals surface area contributed by atoms with E-state index in [1.807, 2.05) is 6.92 Å². The molecule has 1 spiro atoms. The highest BCUT2D eigenvalue weighted by Crippen LogP contribution is 2.45. The molecule has 1 aromatic carbocycles. The van der Waals surface area contributed by atoms with Crippen molar-refractivity contribution in [3.05, 3.63) is 34.9 Å². The van der Waals surface area contributed by atoms with Crippen molar-refractivity contribution in [2.75, 3.05) is 13.2 Å². The molecular weight excluding hydrogens is 370 g/mol.